The van der Waals surface area contributed by atoms with Crippen LogP contribution in [-0.2, 0) is 0 Å². The number of piperidine rings is 1. The first-order valence-electron chi connectivity index (χ1n) is 7.88. The van der Waals surface area contributed by atoms with Gasteiger partial charge in [0.2, 0.25) is 0 Å². The van der Waals surface area contributed by atoms with E-state index in [1.54, 1.807) is 0 Å². The highest BCUT2D eigenvalue weighted by Crippen LogP contribution is 2.25. The molecule has 0 aromatic carbocycles. The lowest BCUT2D eigenvalue weighted by molar-refractivity contribution is 0.258. The van der Waals surface area contributed by atoms with Crippen LogP contribution in [0.3, 0.4) is 0 Å². The Morgan fingerprint density at radius 2 is 1.95 bits per heavy atom. The SMILES string of the molecule is C/C(=C/C(=N)N1CCCCC1C)NC1CCCC1C. The molecule has 0 spiro atoms. The van der Waals surface area contributed by atoms with Crippen molar-refractivity contribution in [2.24, 2.45) is 5.92 Å². The van der Waals surface area contributed by atoms with E-state index >= 15 is 0 Å². The summed E-state index contributed by atoms with van der Waals surface area (Å²) in [5.74, 6) is 1.45. The zero-order chi connectivity index (χ0) is 13.8. The molecule has 19 heavy (non-hydrogen) atoms. The molecule has 3 heteroatoms. The molecule has 1 heterocycles. The number of allylic oxidation sites excluding steroid dienone is 1. The fourth-order valence-electron chi connectivity index (χ4n) is 3.44. The predicted octanol–water partition coefficient (Wildman–Crippen LogP) is 3.52. The summed E-state index contributed by atoms with van der Waals surface area (Å²) in [6.07, 6.45) is 9.74. The second-order valence-electron chi connectivity index (χ2n) is 6.41. The van der Waals surface area contributed by atoms with Crippen LogP contribution in [0.4, 0.5) is 0 Å². The molecule has 0 aromatic heterocycles. The van der Waals surface area contributed by atoms with E-state index in [9.17, 15) is 0 Å². The molecule has 2 aliphatic rings. The number of nitrogens with zero attached hydrogens (tertiary/aromatic N) is 1. The molecule has 3 unspecified atom stereocenters. The van der Waals surface area contributed by atoms with Crippen LogP contribution in [0, 0.1) is 11.3 Å². The number of hydrogen-bond donors (Lipinski definition) is 2. The van der Waals surface area contributed by atoms with Gasteiger partial charge in [-0.15, -0.1) is 0 Å². The number of likely N-dealkylation sites (tertiary alicyclic amines) is 1. The summed E-state index contributed by atoms with van der Waals surface area (Å²) in [6, 6.07) is 1.14. The molecule has 1 saturated heterocycles. The van der Waals surface area contributed by atoms with Gasteiger partial charge in [-0.3, -0.25) is 5.41 Å². The van der Waals surface area contributed by atoms with E-state index < -0.39 is 0 Å². The Balaban J connectivity index is 1.90. The smallest absolute Gasteiger partial charge is 0.122 e. The van der Waals surface area contributed by atoms with E-state index in [0.29, 0.717) is 17.9 Å². The monoisotopic (exact) mass is 263 g/mol. The number of hydrogen-bond acceptors (Lipinski definition) is 2. The van der Waals surface area contributed by atoms with Gasteiger partial charge in [0.1, 0.15) is 5.84 Å². The quantitative estimate of drug-likeness (QED) is 0.604. The molecular weight excluding hydrogens is 234 g/mol. The van der Waals surface area contributed by atoms with Crippen molar-refractivity contribution in [3.05, 3.63) is 11.8 Å². The van der Waals surface area contributed by atoms with Crippen LogP contribution in [0.2, 0.25) is 0 Å². The van der Waals surface area contributed by atoms with Crippen LogP contribution in [0.5, 0.6) is 0 Å². The van der Waals surface area contributed by atoms with Crippen molar-refractivity contribution in [1.29, 1.82) is 5.41 Å². The van der Waals surface area contributed by atoms with Gasteiger partial charge in [0, 0.05) is 24.3 Å². The first-order valence-corrected chi connectivity index (χ1v) is 7.88. The van der Waals surface area contributed by atoms with E-state index in [2.05, 4.69) is 31.0 Å². The first-order chi connectivity index (χ1) is 9.08. The van der Waals surface area contributed by atoms with Crippen molar-refractivity contribution in [2.75, 3.05) is 6.54 Å². The second-order valence-corrected chi connectivity index (χ2v) is 6.41. The average molecular weight is 263 g/mol. The summed E-state index contributed by atoms with van der Waals surface area (Å²) in [6.45, 7) is 7.72. The van der Waals surface area contributed by atoms with E-state index in [0.717, 1.165) is 18.2 Å². The zero-order valence-corrected chi connectivity index (χ0v) is 12.7. The first kappa shape index (κ1) is 14.4. The Morgan fingerprint density at radius 1 is 1.16 bits per heavy atom. The van der Waals surface area contributed by atoms with Gasteiger partial charge < -0.3 is 10.2 Å². The maximum Gasteiger partial charge on any atom is 0.122 e. The third kappa shape index (κ3) is 3.74. The molecule has 0 bridgehead atoms. The van der Waals surface area contributed by atoms with Crippen LogP contribution in [0.25, 0.3) is 0 Å². The highest BCUT2D eigenvalue weighted by Gasteiger charge is 2.23. The molecular formula is C16H29N3. The maximum atomic E-state index is 8.28. The minimum Gasteiger partial charge on any atom is -0.385 e. The van der Waals surface area contributed by atoms with Gasteiger partial charge in [0.05, 0.1) is 0 Å². The Bertz CT molecular complexity index is 348. The second kappa shape index (κ2) is 6.44. The Morgan fingerprint density at radius 3 is 2.58 bits per heavy atom. The van der Waals surface area contributed by atoms with Gasteiger partial charge in [-0.05, 0) is 57.9 Å². The molecule has 108 valence electrons. The molecule has 0 aromatic rings. The van der Waals surface area contributed by atoms with Crippen molar-refractivity contribution in [2.45, 2.75) is 71.4 Å². The third-order valence-corrected chi connectivity index (χ3v) is 4.74. The molecule has 1 aliphatic heterocycles. The largest absolute Gasteiger partial charge is 0.385 e. The maximum absolute atomic E-state index is 8.28. The van der Waals surface area contributed by atoms with E-state index in [-0.39, 0.29) is 0 Å². The standard InChI is InChI=1S/C16H29N3/c1-12-7-6-9-15(12)18-13(2)11-16(17)19-10-5-4-8-14(19)3/h11-12,14-15,17-18H,4-10H2,1-3H3/b13-11-,17-16?. The Hall–Kier alpha value is -0.990. The van der Waals surface area contributed by atoms with E-state index in [1.165, 1.54) is 38.5 Å². The average Bonchev–Trinajstić information content (AvgIpc) is 2.75. The summed E-state index contributed by atoms with van der Waals surface area (Å²) in [7, 11) is 0. The number of amidine groups is 1. The molecule has 2 N–H and O–H groups in total. The van der Waals surface area contributed by atoms with Crippen LogP contribution >= 0.6 is 0 Å². The van der Waals surface area contributed by atoms with Crippen molar-refractivity contribution in [3.63, 3.8) is 0 Å². The summed E-state index contributed by atoms with van der Waals surface area (Å²) >= 11 is 0. The van der Waals surface area contributed by atoms with Crippen LogP contribution in [0.1, 0.15) is 59.3 Å². The highest BCUT2D eigenvalue weighted by atomic mass is 15.2. The Kier molecular flexibility index (Phi) is 4.89. The van der Waals surface area contributed by atoms with E-state index in [4.69, 9.17) is 5.41 Å². The van der Waals surface area contributed by atoms with Gasteiger partial charge in [0.25, 0.3) is 0 Å². The lowest BCUT2D eigenvalue weighted by atomic mass is 10.0. The summed E-state index contributed by atoms with van der Waals surface area (Å²) in [5.41, 5.74) is 1.15. The van der Waals surface area contributed by atoms with Gasteiger partial charge in [0.15, 0.2) is 0 Å². The van der Waals surface area contributed by atoms with Crippen LogP contribution in [-0.4, -0.2) is 29.4 Å². The molecule has 2 fully saturated rings. The molecule has 3 nitrogen and oxygen atoms in total. The van der Waals surface area contributed by atoms with Crippen molar-refractivity contribution < 1.29 is 0 Å². The number of rotatable bonds is 3. The van der Waals surface area contributed by atoms with Gasteiger partial charge >= 0.3 is 0 Å². The number of nitrogens with one attached hydrogen (secondary N) is 2. The lowest BCUT2D eigenvalue weighted by Crippen LogP contribution is -2.41. The van der Waals surface area contributed by atoms with Crippen molar-refractivity contribution >= 4 is 5.84 Å². The fourth-order valence-corrected chi connectivity index (χ4v) is 3.44. The summed E-state index contributed by atoms with van der Waals surface area (Å²) in [4.78, 5) is 2.24. The van der Waals surface area contributed by atoms with Crippen molar-refractivity contribution in [1.82, 2.24) is 10.2 Å². The fraction of sp³-hybridized carbons (Fsp3) is 0.812. The molecule has 2 rings (SSSR count). The summed E-state index contributed by atoms with van der Waals surface area (Å²) < 4.78 is 0. The molecule has 0 radical (unpaired) electrons. The molecule has 1 aliphatic carbocycles. The summed E-state index contributed by atoms with van der Waals surface area (Å²) in [5, 5.41) is 11.9. The van der Waals surface area contributed by atoms with Crippen molar-refractivity contribution in [3.8, 4) is 0 Å². The van der Waals surface area contributed by atoms with E-state index in [1.807, 2.05) is 6.08 Å². The predicted molar refractivity (Wildman–Crippen MR) is 81.4 cm³/mol. The zero-order valence-electron chi connectivity index (χ0n) is 12.7. The lowest BCUT2D eigenvalue weighted by Gasteiger charge is -2.34. The van der Waals surface area contributed by atoms with Gasteiger partial charge in [-0.2, -0.15) is 0 Å². The molecule has 0 amide bonds. The Labute approximate surface area is 118 Å². The third-order valence-electron chi connectivity index (χ3n) is 4.74. The van der Waals surface area contributed by atoms with Gasteiger partial charge in [-0.25, -0.2) is 0 Å². The van der Waals surface area contributed by atoms with Gasteiger partial charge in [-0.1, -0.05) is 13.3 Å². The normalized spacial score (nSPS) is 32.5. The minimum absolute atomic E-state index is 0.524. The van der Waals surface area contributed by atoms with Crippen LogP contribution in [0.15, 0.2) is 11.8 Å². The van der Waals surface area contributed by atoms with Crippen LogP contribution < -0.4 is 5.32 Å². The molecule has 3 atom stereocenters. The minimum atomic E-state index is 0.524. The highest BCUT2D eigenvalue weighted by molar-refractivity contribution is 5.91. The molecule has 1 saturated carbocycles. The topological polar surface area (TPSA) is 39.1 Å².